The third-order valence-electron chi connectivity index (χ3n) is 8.99. The molecule has 3 aromatic heterocycles. The third-order valence-corrected chi connectivity index (χ3v) is 8.99. The summed E-state index contributed by atoms with van der Waals surface area (Å²) in [5, 5.41) is 5.30. The van der Waals surface area contributed by atoms with Gasteiger partial charge in [0, 0.05) is 57.6 Å². The summed E-state index contributed by atoms with van der Waals surface area (Å²) < 4.78 is 25.1. The SMILES string of the molecule is CCc1nn2c(-c3c(OC)cc(COC)cc3OC)cccc2c1C(Cc1c[nH]cn1)N(CC1CCOCC1)CC1CC1. The molecule has 43 heavy (non-hydrogen) atoms. The summed E-state index contributed by atoms with van der Waals surface area (Å²) in [6.45, 7) is 6.58. The van der Waals surface area contributed by atoms with Crippen LogP contribution in [0.15, 0.2) is 42.9 Å². The number of imidazole rings is 1. The topological polar surface area (TPSA) is 86.1 Å². The number of H-pyrrole nitrogens is 1. The average Bonchev–Trinajstić information content (AvgIpc) is 3.54. The Balaban J connectivity index is 1.50. The van der Waals surface area contributed by atoms with Gasteiger partial charge in [0.05, 0.1) is 55.3 Å². The Labute approximate surface area is 254 Å². The molecule has 1 atom stereocenters. The van der Waals surface area contributed by atoms with E-state index in [0.717, 1.165) is 103 Å². The predicted molar refractivity (Wildman–Crippen MR) is 167 cm³/mol. The Bertz CT molecular complexity index is 1470. The van der Waals surface area contributed by atoms with E-state index in [-0.39, 0.29) is 6.04 Å². The highest BCUT2D eigenvalue weighted by Crippen LogP contribution is 2.42. The van der Waals surface area contributed by atoms with Gasteiger partial charge in [-0.05, 0) is 73.8 Å². The number of methoxy groups -OCH3 is 3. The van der Waals surface area contributed by atoms with Crippen molar-refractivity contribution in [2.24, 2.45) is 11.8 Å². The molecule has 6 rings (SSSR count). The first kappa shape index (κ1) is 29.7. The molecular weight excluding hydrogens is 542 g/mol. The lowest BCUT2D eigenvalue weighted by Gasteiger charge is -2.36. The highest BCUT2D eigenvalue weighted by molar-refractivity contribution is 5.78. The number of hydrogen-bond donors (Lipinski definition) is 1. The zero-order chi connectivity index (χ0) is 29.8. The standard InChI is InChI=1S/C34H45N5O4/c1-5-27-33(30(17-26-18-35-22-36-26)38(19-23-9-10-23)20-24-11-13-43-14-12-24)28-7-6-8-29(39(28)37-27)34-31(41-3)15-25(21-40-2)16-32(34)42-4/h6-8,15-16,18,22-24,30H,5,9-14,17,19-21H2,1-4H3,(H,35,36). The van der Waals surface area contributed by atoms with Gasteiger partial charge < -0.3 is 23.9 Å². The third kappa shape index (κ3) is 6.44. The van der Waals surface area contributed by atoms with Crippen molar-refractivity contribution in [2.45, 2.75) is 58.1 Å². The van der Waals surface area contributed by atoms with E-state index >= 15 is 0 Å². The molecule has 4 aromatic rings. The number of aryl methyl sites for hydroxylation is 1. The van der Waals surface area contributed by atoms with Crippen LogP contribution in [0.2, 0.25) is 0 Å². The monoisotopic (exact) mass is 587 g/mol. The molecule has 0 amide bonds. The molecule has 230 valence electrons. The van der Waals surface area contributed by atoms with Gasteiger partial charge in [0.15, 0.2) is 0 Å². The lowest BCUT2D eigenvalue weighted by atomic mass is 9.93. The van der Waals surface area contributed by atoms with Crippen LogP contribution in [0, 0.1) is 11.8 Å². The number of rotatable bonds is 14. The van der Waals surface area contributed by atoms with Gasteiger partial charge in [0.1, 0.15) is 11.5 Å². The lowest BCUT2D eigenvalue weighted by molar-refractivity contribution is 0.0436. The van der Waals surface area contributed by atoms with Gasteiger partial charge in [-0.2, -0.15) is 5.10 Å². The minimum Gasteiger partial charge on any atom is -0.496 e. The molecule has 1 aromatic carbocycles. The lowest BCUT2D eigenvalue weighted by Crippen LogP contribution is -2.38. The fraction of sp³-hybridized carbons (Fsp3) is 0.529. The summed E-state index contributed by atoms with van der Waals surface area (Å²) in [6.07, 6.45) is 10.4. The summed E-state index contributed by atoms with van der Waals surface area (Å²) in [5.41, 5.74) is 7.43. The highest BCUT2D eigenvalue weighted by Gasteiger charge is 2.34. The van der Waals surface area contributed by atoms with E-state index < -0.39 is 0 Å². The Morgan fingerprint density at radius 2 is 1.74 bits per heavy atom. The number of ether oxygens (including phenoxy) is 4. The largest absolute Gasteiger partial charge is 0.496 e. The molecule has 0 spiro atoms. The van der Waals surface area contributed by atoms with Gasteiger partial charge in [0.25, 0.3) is 0 Å². The first-order valence-corrected chi connectivity index (χ1v) is 15.7. The normalized spacial score (nSPS) is 16.7. The molecular formula is C34H45N5O4. The van der Waals surface area contributed by atoms with E-state index in [1.54, 1.807) is 27.7 Å². The molecule has 9 nitrogen and oxygen atoms in total. The summed E-state index contributed by atoms with van der Waals surface area (Å²) in [6, 6.07) is 10.7. The molecule has 2 fully saturated rings. The van der Waals surface area contributed by atoms with E-state index in [9.17, 15) is 0 Å². The molecule has 2 aliphatic rings. The number of benzene rings is 1. The first-order chi connectivity index (χ1) is 21.1. The molecule has 1 saturated heterocycles. The summed E-state index contributed by atoms with van der Waals surface area (Å²) in [5.74, 6) is 2.87. The van der Waals surface area contributed by atoms with Crippen LogP contribution in [0.4, 0.5) is 0 Å². The smallest absolute Gasteiger partial charge is 0.132 e. The van der Waals surface area contributed by atoms with Gasteiger partial charge in [0.2, 0.25) is 0 Å². The van der Waals surface area contributed by atoms with Gasteiger partial charge >= 0.3 is 0 Å². The Morgan fingerprint density at radius 1 is 1.02 bits per heavy atom. The molecule has 0 radical (unpaired) electrons. The number of pyridine rings is 1. The quantitative estimate of drug-likeness (QED) is 0.197. The number of aromatic nitrogens is 4. The van der Waals surface area contributed by atoms with Crippen LogP contribution in [-0.4, -0.2) is 72.1 Å². The van der Waals surface area contributed by atoms with E-state index in [4.69, 9.17) is 24.0 Å². The van der Waals surface area contributed by atoms with Crippen molar-refractivity contribution in [3.8, 4) is 22.8 Å². The molecule has 1 unspecified atom stereocenters. The van der Waals surface area contributed by atoms with Crippen LogP contribution < -0.4 is 9.47 Å². The second-order valence-electron chi connectivity index (χ2n) is 12.0. The maximum atomic E-state index is 5.93. The van der Waals surface area contributed by atoms with Crippen molar-refractivity contribution < 1.29 is 18.9 Å². The first-order valence-electron chi connectivity index (χ1n) is 15.7. The van der Waals surface area contributed by atoms with Crippen molar-refractivity contribution in [1.29, 1.82) is 0 Å². The molecule has 0 bridgehead atoms. The Kier molecular flexibility index (Phi) is 9.31. The number of hydrogen-bond acceptors (Lipinski definition) is 7. The van der Waals surface area contributed by atoms with Crippen LogP contribution in [0.25, 0.3) is 16.8 Å². The Morgan fingerprint density at radius 3 is 2.35 bits per heavy atom. The minimum absolute atomic E-state index is 0.155. The van der Waals surface area contributed by atoms with Gasteiger partial charge in [-0.25, -0.2) is 9.50 Å². The van der Waals surface area contributed by atoms with Crippen molar-refractivity contribution in [2.75, 3.05) is 47.6 Å². The molecule has 4 heterocycles. The van der Waals surface area contributed by atoms with Crippen LogP contribution >= 0.6 is 0 Å². The fourth-order valence-electron chi connectivity index (χ4n) is 6.65. The zero-order valence-electron chi connectivity index (χ0n) is 26.0. The van der Waals surface area contributed by atoms with Crippen molar-refractivity contribution in [3.63, 3.8) is 0 Å². The predicted octanol–water partition coefficient (Wildman–Crippen LogP) is 5.87. The second kappa shape index (κ2) is 13.5. The van der Waals surface area contributed by atoms with E-state index in [1.165, 1.54) is 18.4 Å². The van der Waals surface area contributed by atoms with Crippen LogP contribution in [0.5, 0.6) is 11.5 Å². The summed E-state index contributed by atoms with van der Waals surface area (Å²) >= 11 is 0. The van der Waals surface area contributed by atoms with Crippen molar-refractivity contribution >= 4 is 5.52 Å². The van der Waals surface area contributed by atoms with Crippen LogP contribution in [-0.2, 0) is 28.9 Å². The zero-order valence-corrected chi connectivity index (χ0v) is 26.0. The average molecular weight is 588 g/mol. The Hall–Kier alpha value is -3.40. The van der Waals surface area contributed by atoms with E-state index in [1.807, 2.05) is 18.3 Å². The summed E-state index contributed by atoms with van der Waals surface area (Å²) in [7, 11) is 5.10. The maximum Gasteiger partial charge on any atom is 0.132 e. The van der Waals surface area contributed by atoms with Gasteiger partial charge in [-0.15, -0.1) is 0 Å². The number of fused-ring (bicyclic) bond motifs is 1. The highest BCUT2D eigenvalue weighted by atomic mass is 16.5. The van der Waals surface area contributed by atoms with Crippen molar-refractivity contribution in [1.82, 2.24) is 24.5 Å². The van der Waals surface area contributed by atoms with Gasteiger partial charge in [-0.3, -0.25) is 4.90 Å². The second-order valence-corrected chi connectivity index (χ2v) is 12.0. The number of nitrogens with one attached hydrogen (secondary N) is 1. The fourth-order valence-corrected chi connectivity index (χ4v) is 6.65. The molecule has 1 saturated carbocycles. The molecule has 9 heteroatoms. The molecule has 1 aliphatic heterocycles. The van der Waals surface area contributed by atoms with Gasteiger partial charge in [-0.1, -0.05) is 13.0 Å². The number of nitrogens with zero attached hydrogens (tertiary/aromatic N) is 4. The minimum atomic E-state index is 0.155. The summed E-state index contributed by atoms with van der Waals surface area (Å²) in [4.78, 5) is 10.6. The van der Waals surface area contributed by atoms with Crippen molar-refractivity contribution in [3.05, 3.63) is 65.4 Å². The number of aromatic amines is 1. The van der Waals surface area contributed by atoms with Crippen LogP contribution in [0.3, 0.4) is 0 Å². The maximum absolute atomic E-state index is 5.93. The van der Waals surface area contributed by atoms with E-state index in [2.05, 4.69) is 44.5 Å². The molecule has 1 N–H and O–H groups in total. The van der Waals surface area contributed by atoms with E-state index in [0.29, 0.717) is 12.5 Å². The van der Waals surface area contributed by atoms with Crippen LogP contribution in [0.1, 0.15) is 61.2 Å². The molecule has 1 aliphatic carbocycles.